The molecule has 1 aliphatic heterocycles. The lowest BCUT2D eigenvalue weighted by atomic mass is 10.2. The summed E-state index contributed by atoms with van der Waals surface area (Å²) >= 11 is 0. The number of hydrogen-bond donors (Lipinski definition) is 1. The highest BCUT2D eigenvalue weighted by atomic mass is 19.1. The molecule has 2 aliphatic rings. The minimum atomic E-state index is -0.313. The molecule has 1 heterocycles. The maximum absolute atomic E-state index is 12.8. The van der Waals surface area contributed by atoms with Crippen LogP contribution in [0.4, 0.5) is 4.39 Å². The molecule has 18 heavy (non-hydrogen) atoms. The number of nitrogens with zero attached hydrogens (tertiary/aromatic N) is 1. The number of amides is 1. The zero-order valence-electron chi connectivity index (χ0n) is 10.2. The predicted octanol–water partition coefficient (Wildman–Crippen LogP) is 1.79. The Morgan fingerprint density at radius 2 is 1.94 bits per heavy atom. The molecule has 1 aliphatic carbocycles. The van der Waals surface area contributed by atoms with Gasteiger partial charge < -0.3 is 5.32 Å². The van der Waals surface area contributed by atoms with Crippen LogP contribution in [0.5, 0.6) is 0 Å². The van der Waals surface area contributed by atoms with Gasteiger partial charge in [-0.1, -0.05) is 0 Å². The maximum Gasteiger partial charge on any atom is 0.251 e. The van der Waals surface area contributed by atoms with Gasteiger partial charge >= 0.3 is 0 Å². The Morgan fingerprint density at radius 1 is 1.22 bits per heavy atom. The van der Waals surface area contributed by atoms with E-state index < -0.39 is 0 Å². The van der Waals surface area contributed by atoms with E-state index in [0.29, 0.717) is 5.56 Å². The van der Waals surface area contributed by atoms with Crippen molar-refractivity contribution in [2.24, 2.45) is 0 Å². The van der Waals surface area contributed by atoms with Crippen LogP contribution in [0, 0.1) is 5.82 Å². The van der Waals surface area contributed by atoms with Crippen molar-refractivity contribution in [3.63, 3.8) is 0 Å². The van der Waals surface area contributed by atoms with Crippen molar-refractivity contribution in [3.8, 4) is 0 Å². The molecule has 1 unspecified atom stereocenters. The molecular weight excluding hydrogens is 231 g/mol. The van der Waals surface area contributed by atoms with Gasteiger partial charge in [0.05, 0.1) is 0 Å². The van der Waals surface area contributed by atoms with Gasteiger partial charge in [0, 0.05) is 30.7 Å². The Hall–Kier alpha value is -1.42. The lowest BCUT2D eigenvalue weighted by Gasteiger charge is -2.15. The number of rotatable bonds is 3. The average molecular weight is 248 g/mol. The van der Waals surface area contributed by atoms with E-state index >= 15 is 0 Å². The quantitative estimate of drug-likeness (QED) is 0.884. The van der Waals surface area contributed by atoms with Gasteiger partial charge in [0.15, 0.2) is 0 Å². The van der Waals surface area contributed by atoms with Crippen LogP contribution in [0.15, 0.2) is 24.3 Å². The fraction of sp³-hybridized carbons (Fsp3) is 0.500. The van der Waals surface area contributed by atoms with Crippen molar-refractivity contribution in [1.29, 1.82) is 0 Å². The van der Waals surface area contributed by atoms with Crippen LogP contribution < -0.4 is 5.32 Å². The van der Waals surface area contributed by atoms with Crippen LogP contribution >= 0.6 is 0 Å². The molecule has 1 aromatic rings. The van der Waals surface area contributed by atoms with Gasteiger partial charge in [-0.15, -0.1) is 0 Å². The summed E-state index contributed by atoms with van der Waals surface area (Å²) in [6, 6.07) is 6.69. The number of carbonyl (C=O) groups excluding carboxylic acids is 1. The maximum atomic E-state index is 12.8. The Morgan fingerprint density at radius 3 is 2.61 bits per heavy atom. The molecule has 4 heteroatoms. The third-order valence-corrected chi connectivity index (χ3v) is 3.72. The van der Waals surface area contributed by atoms with Gasteiger partial charge in [-0.25, -0.2) is 4.39 Å². The second-order valence-electron chi connectivity index (χ2n) is 5.19. The lowest BCUT2D eigenvalue weighted by molar-refractivity contribution is 0.0937. The van der Waals surface area contributed by atoms with E-state index in [4.69, 9.17) is 0 Å². The fourth-order valence-corrected chi connectivity index (χ4v) is 2.55. The number of halogens is 1. The van der Waals surface area contributed by atoms with Crippen molar-refractivity contribution in [3.05, 3.63) is 35.6 Å². The molecule has 1 atom stereocenters. The zero-order valence-corrected chi connectivity index (χ0v) is 10.2. The average Bonchev–Trinajstić information content (AvgIpc) is 3.11. The van der Waals surface area contributed by atoms with Gasteiger partial charge in [0.2, 0.25) is 0 Å². The molecule has 1 amide bonds. The summed E-state index contributed by atoms with van der Waals surface area (Å²) in [5.41, 5.74) is 0.529. The Kier molecular flexibility index (Phi) is 3.04. The van der Waals surface area contributed by atoms with Crippen molar-refractivity contribution in [2.45, 2.75) is 31.3 Å². The number of likely N-dealkylation sites (tertiary alicyclic amines) is 1. The van der Waals surface area contributed by atoms with Crippen molar-refractivity contribution in [1.82, 2.24) is 10.2 Å². The van der Waals surface area contributed by atoms with Gasteiger partial charge in [-0.05, 0) is 43.5 Å². The van der Waals surface area contributed by atoms with E-state index in [1.54, 1.807) is 0 Å². The van der Waals surface area contributed by atoms with E-state index in [2.05, 4.69) is 10.2 Å². The molecule has 1 N–H and O–H groups in total. The topological polar surface area (TPSA) is 32.3 Å². The summed E-state index contributed by atoms with van der Waals surface area (Å²) in [7, 11) is 0. The van der Waals surface area contributed by atoms with E-state index in [9.17, 15) is 9.18 Å². The first kappa shape index (κ1) is 11.7. The summed E-state index contributed by atoms with van der Waals surface area (Å²) in [6.07, 6.45) is 3.63. The second kappa shape index (κ2) is 4.69. The second-order valence-corrected chi connectivity index (χ2v) is 5.19. The molecule has 0 aromatic heterocycles. The summed E-state index contributed by atoms with van der Waals surface area (Å²) in [5, 5.41) is 3.02. The van der Waals surface area contributed by atoms with Crippen LogP contribution in [0.3, 0.4) is 0 Å². The van der Waals surface area contributed by atoms with Crippen LogP contribution in [0.2, 0.25) is 0 Å². The first-order valence-corrected chi connectivity index (χ1v) is 6.53. The molecule has 3 nitrogen and oxygen atoms in total. The van der Waals surface area contributed by atoms with Crippen molar-refractivity contribution in [2.75, 3.05) is 13.1 Å². The standard InChI is InChI=1S/C14H17FN2O/c15-11-3-1-10(2-4-11)14(18)16-12-7-8-17(9-12)13-5-6-13/h1-4,12-13H,5-9H2,(H,16,18). The molecule has 1 saturated heterocycles. The molecular formula is C14H17FN2O. The Balaban J connectivity index is 1.56. The van der Waals surface area contributed by atoms with E-state index in [0.717, 1.165) is 25.6 Å². The summed E-state index contributed by atoms with van der Waals surface area (Å²) in [4.78, 5) is 14.4. The Bertz CT molecular complexity index is 442. The van der Waals surface area contributed by atoms with Crippen LogP contribution in [-0.2, 0) is 0 Å². The van der Waals surface area contributed by atoms with Gasteiger partial charge in [0.1, 0.15) is 5.82 Å². The minimum Gasteiger partial charge on any atom is -0.348 e. The zero-order chi connectivity index (χ0) is 12.5. The summed E-state index contributed by atoms with van der Waals surface area (Å²) in [5.74, 6) is -0.412. The molecule has 0 radical (unpaired) electrons. The van der Waals surface area contributed by atoms with Gasteiger partial charge in [-0.3, -0.25) is 9.69 Å². The molecule has 3 rings (SSSR count). The van der Waals surface area contributed by atoms with Gasteiger partial charge in [0.25, 0.3) is 5.91 Å². The van der Waals surface area contributed by atoms with E-state index in [1.807, 2.05) is 0 Å². The summed E-state index contributed by atoms with van der Waals surface area (Å²) in [6.45, 7) is 2.04. The third-order valence-electron chi connectivity index (χ3n) is 3.72. The van der Waals surface area contributed by atoms with Crippen LogP contribution in [0.25, 0.3) is 0 Å². The van der Waals surface area contributed by atoms with Crippen molar-refractivity contribution >= 4 is 5.91 Å². The SMILES string of the molecule is O=C(NC1CCN(C2CC2)C1)c1ccc(F)cc1. The first-order valence-electron chi connectivity index (χ1n) is 6.53. The highest BCUT2D eigenvalue weighted by Gasteiger charge is 2.34. The number of hydrogen-bond acceptors (Lipinski definition) is 2. The predicted molar refractivity (Wildman–Crippen MR) is 66.9 cm³/mol. The highest BCUT2D eigenvalue weighted by molar-refractivity contribution is 5.94. The van der Waals surface area contributed by atoms with Crippen LogP contribution in [0.1, 0.15) is 29.6 Å². The largest absolute Gasteiger partial charge is 0.348 e. The first-order chi connectivity index (χ1) is 8.72. The molecule has 1 aromatic carbocycles. The Labute approximate surface area is 106 Å². The molecule has 0 bridgehead atoms. The number of carbonyl (C=O) groups is 1. The van der Waals surface area contributed by atoms with Crippen molar-refractivity contribution < 1.29 is 9.18 Å². The smallest absolute Gasteiger partial charge is 0.251 e. The lowest BCUT2D eigenvalue weighted by Crippen LogP contribution is -2.37. The molecule has 2 fully saturated rings. The highest BCUT2D eigenvalue weighted by Crippen LogP contribution is 2.29. The molecule has 96 valence electrons. The minimum absolute atomic E-state index is 0.0994. The summed E-state index contributed by atoms with van der Waals surface area (Å²) < 4.78 is 12.8. The van der Waals surface area contributed by atoms with E-state index in [1.165, 1.54) is 37.1 Å². The van der Waals surface area contributed by atoms with E-state index in [-0.39, 0.29) is 17.8 Å². The normalized spacial score (nSPS) is 24.2. The van der Waals surface area contributed by atoms with Gasteiger partial charge in [-0.2, -0.15) is 0 Å². The fourth-order valence-electron chi connectivity index (χ4n) is 2.55. The number of benzene rings is 1. The molecule has 1 saturated carbocycles. The monoisotopic (exact) mass is 248 g/mol. The third kappa shape index (κ3) is 2.53. The van der Waals surface area contributed by atoms with Crippen LogP contribution in [-0.4, -0.2) is 36.0 Å². The molecule has 0 spiro atoms. The number of nitrogens with one attached hydrogen (secondary N) is 1.